The second-order valence-corrected chi connectivity index (χ2v) is 6.80. The SMILES string of the molecule is C=CC1c2cc(OC)ccc2C(OC)C(OC)[N+]1(C(=O)O)c1ccccc1C. The Morgan fingerprint density at radius 1 is 1.11 bits per heavy atom. The highest BCUT2D eigenvalue weighted by molar-refractivity contribution is 5.85. The first-order chi connectivity index (χ1) is 13.5. The molecule has 28 heavy (non-hydrogen) atoms. The van der Waals surface area contributed by atoms with E-state index in [-0.39, 0.29) is 0 Å². The van der Waals surface area contributed by atoms with E-state index in [0.29, 0.717) is 11.4 Å². The highest BCUT2D eigenvalue weighted by Crippen LogP contribution is 2.51. The number of rotatable bonds is 5. The van der Waals surface area contributed by atoms with Gasteiger partial charge in [-0.25, -0.2) is 0 Å². The lowest BCUT2D eigenvalue weighted by Gasteiger charge is -2.49. The minimum Gasteiger partial charge on any atom is -0.497 e. The van der Waals surface area contributed by atoms with Crippen LogP contribution in [0.25, 0.3) is 0 Å². The van der Waals surface area contributed by atoms with E-state index in [1.807, 2.05) is 49.4 Å². The zero-order valence-electron chi connectivity index (χ0n) is 16.6. The number of methoxy groups -OCH3 is 3. The van der Waals surface area contributed by atoms with Crippen molar-refractivity contribution in [1.29, 1.82) is 0 Å². The minimum absolute atomic E-state index is 0.495. The van der Waals surface area contributed by atoms with E-state index in [2.05, 4.69) is 6.58 Å². The van der Waals surface area contributed by atoms with Crippen molar-refractivity contribution in [3.63, 3.8) is 0 Å². The van der Waals surface area contributed by atoms with Gasteiger partial charge in [-0.15, -0.1) is 0 Å². The van der Waals surface area contributed by atoms with Crippen LogP contribution in [-0.4, -0.2) is 38.8 Å². The Bertz CT molecular complexity index is 896. The molecule has 0 aromatic heterocycles. The van der Waals surface area contributed by atoms with Crippen molar-refractivity contribution in [3.05, 3.63) is 71.8 Å². The summed E-state index contributed by atoms with van der Waals surface area (Å²) < 4.78 is 16.5. The molecule has 1 aliphatic rings. The number of hydrogen-bond donors (Lipinski definition) is 1. The molecule has 0 fully saturated rings. The Morgan fingerprint density at radius 2 is 1.82 bits per heavy atom. The predicted molar refractivity (Wildman–Crippen MR) is 107 cm³/mol. The maximum Gasteiger partial charge on any atom is 0.521 e. The Labute approximate surface area is 165 Å². The average Bonchev–Trinajstić information content (AvgIpc) is 2.71. The van der Waals surface area contributed by atoms with Crippen LogP contribution in [0.5, 0.6) is 5.75 Å². The second kappa shape index (κ2) is 7.75. The molecule has 6 nitrogen and oxygen atoms in total. The second-order valence-electron chi connectivity index (χ2n) is 6.80. The van der Waals surface area contributed by atoms with Gasteiger partial charge in [0, 0.05) is 31.4 Å². The van der Waals surface area contributed by atoms with Gasteiger partial charge in [0.2, 0.25) is 6.23 Å². The largest absolute Gasteiger partial charge is 0.521 e. The van der Waals surface area contributed by atoms with E-state index in [0.717, 1.165) is 16.7 Å². The number of carboxylic acid groups (broad SMARTS) is 1. The van der Waals surface area contributed by atoms with Gasteiger partial charge >= 0.3 is 6.09 Å². The monoisotopic (exact) mass is 384 g/mol. The van der Waals surface area contributed by atoms with E-state index < -0.39 is 28.9 Å². The van der Waals surface area contributed by atoms with Crippen molar-refractivity contribution in [1.82, 2.24) is 4.48 Å². The van der Waals surface area contributed by atoms with Crippen LogP contribution in [0.4, 0.5) is 10.5 Å². The molecule has 0 spiro atoms. The molecule has 2 aromatic rings. The molecule has 0 saturated carbocycles. The van der Waals surface area contributed by atoms with Crippen LogP contribution >= 0.6 is 0 Å². The topological polar surface area (TPSA) is 65.0 Å². The summed E-state index contributed by atoms with van der Waals surface area (Å²) in [7, 11) is 4.66. The van der Waals surface area contributed by atoms with Crippen LogP contribution in [0.2, 0.25) is 0 Å². The molecule has 0 radical (unpaired) electrons. The van der Waals surface area contributed by atoms with Gasteiger partial charge in [0.1, 0.15) is 11.4 Å². The van der Waals surface area contributed by atoms with Gasteiger partial charge in [0.05, 0.1) is 7.11 Å². The molecule has 1 heterocycles. The molecular formula is C22H26NO5+. The Kier molecular flexibility index (Phi) is 5.56. The smallest absolute Gasteiger partial charge is 0.497 e. The van der Waals surface area contributed by atoms with Crippen molar-refractivity contribution < 1.29 is 24.1 Å². The molecule has 1 amide bonds. The fraction of sp³-hybridized carbons (Fsp3) is 0.318. The molecule has 0 aliphatic carbocycles. The van der Waals surface area contributed by atoms with Crippen LogP contribution < -0.4 is 9.22 Å². The fourth-order valence-corrected chi connectivity index (χ4v) is 4.36. The summed E-state index contributed by atoms with van der Waals surface area (Å²) in [4.78, 5) is 13.0. The Morgan fingerprint density at radius 3 is 2.36 bits per heavy atom. The summed E-state index contributed by atoms with van der Waals surface area (Å²) in [5, 5.41) is 10.6. The molecule has 0 bridgehead atoms. The number of para-hydroxylation sites is 1. The lowest BCUT2D eigenvalue weighted by molar-refractivity contribution is -0.123. The van der Waals surface area contributed by atoms with E-state index in [4.69, 9.17) is 14.2 Å². The number of amides is 1. The summed E-state index contributed by atoms with van der Waals surface area (Å²) in [6.45, 7) is 5.87. The van der Waals surface area contributed by atoms with Crippen LogP contribution in [0.15, 0.2) is 55.1 Å². The van der Waals surface area contributed by atoms with Crippen LogP contribution in [0, 0.1) is 6.92 Å². The van der Waals surface area contributed by atoms with Gasteiger partial charge < -0.3 is 19.3 Å². The first-order valence-electron chi connectivity index (χ1n) is 9.01. The third-order valence-corrected chi connectivity index (χ3v) is 5.57. The van der Waals surface area contributed by atoms with Gasteiger partial charge in [0.25, 0.3) is 0 Å². The molecule has 0 saturated heterocycles. The molecule has 6 heteroatoms. The lowest BCUT2D eigenvalue weighted by Crippen LogP contribution is -2.67. The van der Waals surface area contributed by atoms with Crippen molar-refractivity contribution in [2.45, 2.75) is 25.3 Å². The molecular weight excluding hydrogens is 358 g/mol. The van der Waals surface area contributed by atoms with Crippen molar-refractivity contribution in [3.8, 4) is 5.75 Å². The van der Waals surface area contributed by atoms with Gasteiger partial charge in [-0.2, -0.15) is 9.28 Å². The fourth-order valence-electron chi connectivity index (χ4n) is 4.36. The van der Waals surface area contributed by atoms with E-state index in [1.54, 1.807) is 20.3 Å². The maximum absolute atomic E-state index is 13.0. The van der Waals surface area contributed by atoms with Crippen LogP contribution in [0.3, 0.4) is 0 Å². The predicted octanol–water partition coefficient (Wildman–Crippen LogP) is 4.59. The Hall–Kier alpha value is -2.67. The summed E-state index contributed by atoms with van der Waals surface area (Å²) in [6.07, 6.45) is -0.775. The standard InChI is InChI=1S/C22H25NO5/c1-6-18-17-13-15(26-3)11-12-16(17)20(27-4)21(28-5)23(18,22(24)25)19-10-8-7-9-14(19)2/h6-13,18,20-21H,1H2,2-5H3/p+1. The highest BCUT2D eigenvalue weighted by Gasteiger charge is 2.61. The number of fused-ring (bicyclic) bond motifs is 1. The molecule has 2 aromatic carbocycles. The number of carbonyl (C=O) groups is 1. The number of nitrogens with zero attached hydrogens (tertiary/aromatic N) is 1. The highest BCUT2D eigenvalue weighted by atomic mass is 16.6. The molecule has 148 valence electrons. The van der Waals surface area contributed by atoms with Crippen molar-refractivity contribution >= 4 is 11.8 Å². The number of quaternary nitrogens is 1. The molecule has 3 rings (SSSR count). The first-order valence-corrected chi connectivity index (χ1v) is 9.01. The quantitative estimate of drug-likeness (QED) is 0.603. The third kappa shape index (κ3) is 2.73. The number of benzene rings is 2. The first kappa shape index (κ1) is 20.1. The maximum atomic E-state index is 13.0. The van der Waals surface area contributed by atoms with Crippen molar-refractivity contribution in [2.75, 3.05) is 21.3 Å². The third-order valence-electron chi connectivity index (χ3n) is 5.57. The van der Waals surface area contributed by atoms with E-state index in [1.165, 1.54) is 7.11 Å². The summed E-state index contributed by atoms with van der Waals surface area (Å²) in [5.41, 5.74) is 3.13. The van der Waals surface area contributed by atoms with Gasteiger partial charge in [-0.3, -0.25) is 0 Å². The zero-order valence-corrected chi connectivity index (χ0v) is 16.6. The number of ether oxygens (including phenoxy) is 3. The Balaban J connectivity index is 2.43. The normalized spacial score (nSPS) is 26.4. The molecule has 4 atom stereocenters. The zero-order chi connectivity index (χ0) is 20.5. The summed E-state index contributed by atoms with van der Waals surface area (Å²) >= 11 is 0. The van der Waals surface area contributed by atoms with Crippen LogP contribution in [0.1, 0.15) is 28.8 Å². The van der Waals surface area contributed by atoms with E-state index >= 15 is 0 Å². The number of hydrogen-bond acceptors (Lipinski definition) is 4. The van der Waals surface area contributed by atoms with Gasteiger partial charge in [0.15, 0.2) is 12.1 Å². The van der Waals surface area contributed by atoms with E-state index in [9.17, 15) is 9.90 Å². The summed E-state index contributed by atoms with van der Waals surface area (Å²) in [6, 6.07) is 12.4. The average molecular weight is 384 g/mol. The van der Waals surface area contributed by atoms with Gasteiger partial charge in [-0.05, 0) is 30.7 Å². The van der Waals surface area contributed by atoms with Crippen molar-refractivity contribution in [2.24, 2.45) is 0 Å². The lowest BCUT2D eigenvalue weighted by atomic mass is 9.85. The molecule has 1 aliphatic heterocycles. The minimum atomic E-state index is -1.04. The van der Waals surface area contributed by atoms with Gasteiger partial charge in [-0.1, -0.05) is 30.8 Å². The molecule has 4 unspecified atom stereocenters. The van der Waals surface area contributed by atoms with Crippen LogP contribution in [-0.2, 0) is 9.47 Å². The number of aryl methyl sites for hydroxylation is 1. The molecule has 1 N–H and O–H groups in total. The summed E-state index contributed by atoms with van der Waals surface area (Å²) in [5.74, 6) is 0.643.